The van der Waals surface area contributed by atoms with Gasteiger partial charge >= 0.3 is 0 Å². The van der Waals surface area contributed by atoms with E-state index < -0.39 is 0 Å². The molecule has 0 radical (unpaired) electrons. The monoisotopic (exact) mass is 192 g/mol. The molecule has 2 rings (SSSR count). The average molecular weight is 192 g/mol. The first-order valence-corrected chi connectivity index (χ1v) is 3.80. The van der Waals surface area contributed by atoms with Crippen LogP contribution in [0.4, 0.5) is 16.0 Å². The van der Waals surface area contributed by atoms with Crippen molar-refractivity contribution in [3.63, 3.8) is 0 Å². The third kappa shape index (κ3) is 1.26. The van der Waals surface area contributed by atoms with Crippen molar-refractivity contribution in [2.75, 3.05) is 5.54 Å². The second kappa shape index (κ2) is 3.33. The van der Waals surface area contributed by atoms with Gasteiger partial charge in [0.05, 0.1) is 5.52 Å². The Bertz CT molecular complexity index is 488. The molecule has 0 aliphatic heterocycles. The topological polar surface area (TPSA) is 67.2 Å². The van der Waals surface area contributed by atoms with Crippen LogP contribution in [0.25, 0.3) is 10.9 Å². The molecule has 0 amide bonds. The third-order valence-corrected chi connectivity index (χ3v) is 1.81. The lowest BCUT2D eigenvalue weighted by atomic mass is 10.2. The van der Waals surface area contributed by atoms with Crippen LogP contribution in [0.2, 0.25) is 0 Å². The molecule has 0 spiro atoms. The number of anilines is 1. The normalized spacial score (nSPS) is 10.1. The van der Waals surface area contributed by atoms with E-state index >= 15 is 0 Å². The lowest BCUT2D eigenvalue weighted by molar-refractivity contribution is 0.613. The summed E-state index contributed by atoms with van der Waals surface area (Å²) in [4.78, 5) is 17.8. The second-order valence-electron chi connectivity index (χ2n) is 2.61. The number of nitrogens with one attached hydrogen (secondary N) is 1. The minimum atomic E-state index is 0.0282. The summed E-state index contributed by atoms with van der Waals surface area (Å²) in [5, 5.41) is 3.16. The van der Waals surface area contributed by atoms with Crippen molar-refractivity contribution in [3.05, 3.63) is 29.4 Å². The Balaban J connectivity index is 2.76. The van der Waals surface area contributed by atoms with Crippen molar-refractivity contribution >= 4 is 22.4 Å². The van der Waals surface area contributed by atoms with Gasteiger partial charge in [-0.3, -0.25) is 0 Å². The summed E-state index contributed by atoms with van der Waals surface area (Å²) in [5.74, 6) is 0.0282. The van der Waals surface area contributed by atoms with E-state index in [9.17, 15) is 9.39 Å². The van der Waals surface area contributed by atoms with E-state index in [1.54, 1.807) is 6.07 Å². The number of nitroso groups, excluding NO2 is 1. The highest BCUT2D eigenvalue weighted by molar-refractivity contribution is 5.90. The van der Waals surface area contributed by atoms with Crippen LogP contribution in [0.1, 0.15) is 0 Å². The SMILES string of the molecule is O=Nc1ccc2ncnc(NF)c2c1. The molecule has 0 unspecified atom stereocenters. The predicted octanol–water partition coefficient (Wildman–Crippen LogP) is 2.32. The first-order valence-electron chi connectivity index (χ1n) is 3.80. The third-order valence-electron chi connectivity index (χ3n) is 1.81. The van der Waals surface area contributed by atoms with Crippen LogP contribution >= 0.6 is 0 Å². The number of halogens is 1. The molecule has 70 valence electrons. The summed E-state index contributed by atoms with van der Waals surface area (Å²) in [7, 11) is 0. The van der Waals surface area contributed by atoms with E-state index in [4.69, 9.17) is 0 Å². The number of rotatable bonds is 2. The highest BCUT2D eigenvalue weighted by Crippen LogP contribution is 2.24. The van der Waals surface area contributed by atoms with Crippen molar-refractivity contribution < 1.29 is 4.48 Å². The van der Waals surface area contributed by atoms with Crippen molar-refractivity contribution in [1.29, 1.82) is 0 Å². The smallest absolute Gasteiger partial charge is 0.165 e. The van der Waals surface area contributed by atoms with Gasteiger partial charge in [0.25, 0.3) is 0 Å². The molecule has 1 N–H and O–H groups in total. The molecule has 14 heavy (non-hydrogen) atoms. The van der Waals surface area contributed by atoms with Gasteiger partial charge < -0.3 is 0 Å². The lowest BCUT2D eigenvalue weighted by Crippen LogP contribution is -1.90. The van der Waals surface area contributed by atoms with E-state index in [-0.39, 0.29) is 11.5 Å². The number of aromatic nitrogens is 2. The van der Waals surface area contributed by atoms with Crippen molar-refractivity contribution in [2.24, 2.45) is 5.18 Å². The Morgan fingerprint density at radius 3 is 2.93 bits per heavy atom. The largest absolute Gasteiger partial charge is 0.236 e. The van der Waals surface area contributed by atoms with Crippen LogP contribution in [0.15, 0.2) is 29.7 Å². The summed E-state index contributed by atoms with van der Waals surface area (Å²) in [6.45, 7) is 0. The molecular formula is C8H5FN4O. The molecule has 0 fully saturated rings. The first kappa shape index (κ1) is 8.49. The van der Waals surface area contributed by atoms with Gasteiger partial charge in [-0.25, -0.2) is 15.5 Å². The van der Waals surface area contributed by atoms with E-state index in [2.05, 4.69) is 15.1 Å². The zero-order valence-electron chi connectivity index (χ0n) is 6.94. The average Bonchev–Trinajstić information content (AvgIpc) is 2.27. The fraction of sp³-hybridized carbons (Fsp3) is 0. The summed E-state index contributed by atoms with van der Waals surface area (Å²) < 4.78 is 12.2. The minimum absolute atomic E-state index is 0.0282. The predicted molar refractivity (Wildman–Crippen MR) is 49.7 cm³/mol. The van der Waals surface area contributed by atoms with Gasteiger partial charge in [0, 0.05) is 5.39 Å². The quantitative estimate of drug-likeness (QED) is 0.585. The molecule has 1 aromatic carbocycles. The zero-order chi connectivity index (χ0) is 9.97. The van der Waals surface area contributed by atoms with Gasteiger partial charge in [0.2, 0.25) is 0 Å². The van der Waals surface area contributed by atoms with E-state index in [0.717, 1.165) is 0 Å². The molecule has 1 heterocycles. The van der Waals surface area contributed by atoms with Gasteiger partial charge in [0.15, 0.2) is 5.82 Å². The summed E-state index contributed by atoms with van der Waals surface area (Å²) in [6, 6.07) is 4.50. The molecule has 1 aromatic heterocycles. The maximum Gasteiger partial charge on any atom is 0.165 e. The van der Waals surface area contributed by atoms with Gasteiger partial charge in [-0.2, -0.15) is 0 Å². The molecular weight excluding hydrogens is 187 g/mol. The molecule has 0 bridgehead atoms. The van der Waals surface area contributed by atoms with Gasteiger partial charge in [-0.05, 0) is 23.4 Å². The number of fused-ring (bicyclic) bond motifs is 1. The van der Waals surface area contributed by atoms with Crippen LogP contribution in [-0.4, -0.2) is 9.97 Å². The number of hydrogen-bond acceptors (Lipinski definition) is 5. The maximum absolute atomic E-state index is 12.2. The van der Waals surface area contributed by atoms with Crippen molar-refractivity contribution in [1.82, 2.24) is 9.97 Å². The second-order valence-corrected chi connectivity index (χ2v) is 2.61. The molecule has 0 saturated heterocycles. The molecule has 5 nitrogen and oxygen atoms in total. The number of benzene rings is 1. The molecule has 2 aromatic rings. The Labute approximate surface area is 77.9 Å². The number of nitrogens with zero attached hydrogens (tertiary/aromatic N) is 3. The summed E-state index contributed by atoms with van der Waals surface area (Å²) >= 11 is 0. The zero-order valence-corrected chi connectivity index (χ0v) is 6.94. The van der Waals surface area contributed by atoms with Gasteiger partial charge in [-0.15, -0.1) is 9.39 Å². The lowest BCUT2D eigenvalue weighted by Gasteiger charge is -2.00. The van der Waals surface area contributed by atoms with Crippen LogP contribution in [0.5, 0.6) is 0 Å². The van der Waals surface area contributed by atoms with E-state index in [1.807, 2.05) is 0 Å². The van der Waals surface area contributed by atoms with E-state index in [1.165, 1.54) is 24.0 Å². The Morgan fingerprint density at radius 1 is 1.36 bits per heavy atom. The number of hydrogen-bond donors (Lipinski definition) is 1. The Hall–Kier alpha value is -2.11. The standard InChI is InChI=1S/C8H5FN4O/c9-12-8-6-3-5(13-14)1-2-7(6)10-4-11-8/h1-4H,(H,10,11,12). The first-order chi connectivity index (χ1) is 6.85. The van der Waals surface area contributed by atoms with Gasteiger partial charge in [0.1, 0.15) is 12.0 Å². The summed E-state index contributed by atoms with van der Waals surface area (Å²) in [6.07, 6.45) is 1.23. The fourth-order valence-electron chi connectivity index (χ4n) is 1.18. The summed E-state index contributed by atoms with van der Waals surface area (Å²) in [5.41, 5.74) is 2.19. The van der Waals surface area contributed by atoms with E-state index in [0.29, 0.717) is 10.9 Å². The fourth-order valence-corrected chi connectivity index (χ4v) is 1.18. The van der Waals surface area contributed by atoms with Crippen LogP contribution in [0.3, 0.4) is 0 Å². The minimum Gasteiger partial charge on any atom is -0.236 e. The molecule has 0 aliphatic rings. The van der Waals surface area contributed by atoms with Crippen LogP contribution in [-0.2, 0) is 0 Å². The van der Waals surface area contributed by atoms with Crippen LogP contribution < -0.4 is 5.54 Å². The molecule has 0 saturated carbocycles. The maximum atomic E-state index is 12.2. The highest BCUT2D eigenvalue weighted by atomic mass is 19.2. The van der Waals surface area contributed by atoms with Crippen molar-refractivity contribution in [2.45, 2.75) is 0 Å². The highest BCUT2D eigenvalue weighted by Gasteiger charge is 2.03. The Morgan fingerprint density at radius 2 is 2.21 bits per heavy atom. The van der Waals surface area contributed by atoms with Crippen LogP contribution in [0, 0.1) is 4.91 Å². The Kier molecular flexibility index (Phi) is 2.02. The molecule has 0 atom stereocenters. The van der Waals surface area contributed by atoms with Crippen molar-refractivity contribution in [3.8, 4) is 0 Å². The van der Waals surface area contributed by atoms with Gasteiger partial charge in [-0.1, -0.05) is 0 Å². The molecule has 0 aliphatic carbocycles. The molecule has 6 heteroatoms.